The molecule has 0 bridgehead atoms. The van der Waals surface area contributed by atoms with Crippen LogP contribution in [-0.2, 0) is 17.8 Å². The largest absolute Gasteiger partial charge is 0.395 e. The Bertz CT molecular complexity index is 1040. The number of rotatable bonds is 8. The Morgan fingerprint density at radius 3 is 2.61 bits per heavy atom. The van der Waals surface area contributed by atoms with E-state index < -0.39 is 0 Å². The quantitative estimate of drug-likeness (QED) is 0.161. The highest BCUT2D eigenvalue weighted by atomic mass is 16.1. The second kappa shape index (κ2) is 11.4. The van der Waals surface area contributed by atoms with Gasteiger partial charge in [-0.3, -0.25) is 9.48 Å². The minimum atomic E-state index is 0.343. The number of benzene rings is 1. The highest BCUT2D eigenvalue weighted by Gasteiger charge is 2.10. The van der Waals surface area contributed by atoms with E-state index >= 15 is 0 Å². The van der Waals surface area contributed by atoms with E-state index in [1.165, 1.54) is 6.08 Å². The first kappa shape index (κ1) is 23.4. The molecule has 0 aliphatic heterocycles. The minimum absolute atomic E-state index is 0.343. The van der Waals surface area contributed by atoms with Gasteiger partial charge in [0.05, 0.1) is 18.4 Å². The minimum Gasteiger partial charge on any atom is -0.395 e. The third kappa shape index (κ3) is 6.06. The molecule has 0 atom stereocenters. The van der Waals surface area contributed by atoms with E-state index in [4.69, 9.17) is 17.3 Å². The number of aldehydes is 1. The molecule has 0 saturated heterocycles. The van der Waals surface area contributed by atoms with Crippen LogP contribution >= 0.6 is 0 Å². The van der Waals surface area contributed by atoms with E-state index in [9.17, 15) is 4.79 Å². The monoisotopic (exact) mass is 422 g/mol. The molecular weight excluding hydrogens is 392 g/mol. The molecule has 0 fully saturated rings. The summed E-state index contributed by atoms with van der Waals surface area (Å²) in [7, 11) is 1.84. The van der Waals surface area contributed by atoms with E-state index in [1.54, 1.807) is 18.3 Å². The lowest BCUT2D eigenvalue weighted by Crippen LogP contribution is -2.13. The summed E-state index contributed by atoms with van der Waals surface area (Å²) in [6.45, 7) is 4.59. The molecule has 9 heteroatoms. The van der Waals surface area contributed by atoms with Crippen LogP contribution in [0, 0.1) is 0 Å². The SMILES string of the molecule is CC.CNc1ccc(Cn2cc(Cc3cc(N)nc(NN)c3N)cn2)cc1/C=C\C=O. The zero-order valence-corrected chi connectivity index (χ0v) is 18.1. The third-order valence-corrected chi connectivity index (χ3v) is 4.47. The second-order valence-electron chi connectivity index (χ2n) is 6.50. The van der Waals surface area contributed by atoms with Gasteiger partial charge >= 0.3 is 0 Å². The summed E-state index contributed by atoms with van der Waals surface area (Å²) in [5.41, 5.74) is 19.6. The summed E-state index contributed by atoms with van der Waals surface area (Å²) in [4.78, 5) is 14.7. The van der Waals surface area contributed by atoms with Gasteiger partial charge in [-0.2, -0.15) is 5.10 Å². The predicted octanol–water partition coefficient (Wildman–Crippen LogP) is 2.65. The number of aromatic nitrogens is 3. The topological polar surface area (TPSA) is 150 Å². The van der Waals surface area contributed by atoms with Crippen LogP contribution in [0.4, 0.5) is 23.0 Å². The molecule has 1 aromatic carbocycles. The molecule has 2 heterocycles. The summed E-state index contributed by atoms with van der Waals surface area (Å²) in [6.07, 6.45) is 8.31. The first-order valence-corrected chi connectivity index (χ1v) is 9.99. The molecule has 9 nitrogen and oxygen atoms in total. The molecule has 3 aromatic rings. The van der Waals surface area contributed by atoms with E-state index in [0.717, 1.165) is 34.2 Å². The fraction of sp³-hybridized carbons (Fsp3) is 0.227. The van der Waals surface area contributed by atoms with E-state index in [1.807, 2.05) is 50.0 Å². The van der Waals surface area contributed by atoms with Gasteiger partial charge in [0.2, 0.25) is 0 Å². The molecule has 0 unspecified atom stereocenters. The van der Waals surface area contributed by atoms with Gasteiger partial charge in [0.25, 0.3) is 0 Å². The van der Waals surface area contributed by atoms with Crippen LogP contribution in [0.3, 0.4) is 0 Å². The van der Waals surface area contributed by atoms with Gasteiger partial charge in [-0.25, -0.2) is 10.8 Å². The number of hydrazine groups is 1. The predicted molar refractivity (Wildman–Crippen MR) is 127 cm³/mol. The van der Waals surface area contributed by atoms with Crippen LogP contribution < -0.4 is 28.1 Å². The van der Waals surface area contributed by atoms with Crippen LogP contribution in [0.2, 0.25) is 0 Å². The molecular formula is C22H30N8O. The van der Waals surface area contributed by atoms with Gasteiger partial charge in [0.1, 0.15) is 12.1 Å². The number of hydrogen-bond donors (Lipinski definition) is 5. The lowest BCUT2D eigenvalue weighted by Gasteiger charge is -2.10. The van der Waals surface area contributed by atoms with Crippen molar-refractivity contribution in [1.82, 2.24) is 14.8 Å². The van der Waals surface area contributed by atoms with Crippen molar-refractivity contribution < 1.29 is 4.79 Å². The average Bonchev–Trinajstić information content (AvgIpc) is 3.22. The molecule has 0 spiro atoms. The standard InChI is InChI=1S/C20H24N8O.C2H6/c1-24-17-5-4-13(7-15(17)3-2-6-29)11-28-12-14(10-25-28)8-16-9-18(21)26-20(27-23)19(16)22;1-2/h2-7,9-10,12,24H,8,11,22-23H2,1H3,(H3,21,26,27);1-2H3/b3-2-;. The summed E-state index contributed by atoms with van der Waals surface area (Å²) in [5, 5.41) is 7.55. The van der Waals surface area contributed by atoms with Crippen molar-refractivity contribution in [3.05, 3.63) is 65.0 Å². The molecule has 0 aliphatic carbocycles. The van der Waals surface area contributed by atoms with Gasteiger partial charge in [-0.15, -0.1) is 0 Å². The molecule has 0 amide bonds. The Kier molecular flexibility index (Phi) is 8.59. The maximum atomic E-state index is 10.6. The fourth-order valence-electron chi connectivity index (χ4n) is 3.10. The lowest BCUT2D eigenvalue weighted by atomic mass is 10.1. The summed E-state index contributed by atoms with van der Waals surface area (Å²) < 4.78 is 1.85. The van der Waals surface area contributed by atoms with Crippen LogP contribution in [-0.4, -0.2) is 28.1 Å². The number of anilines is 4. The third-order valence-electron chi connectivity index (χ3n) is 4.47. The summed E-state index contributed by atoms with van der Waals surface area (Å²) >= 11 is 0. The van der Waals surface area contributed by atoms with Crippen molar-refractivity contribution in [2.75, 3.05) is 29.3 Å². The Balaban J connectivity index is 0.00000166. The number of allylic oxidation sites excluding steroid dienone is 1. The van der Waals surface area contributed by atoms with Gasteiger partial charge in [-0.1, -0.05) is 19.9 Å². The zero-order chi connectivity index (χ0) is 22.8. The summed E-state index contributed by atoms with van der Waals surface area (Å²) in [6, 6.07) is 7.75. The number of nitrogens with zero attached hydrogens (tertiary/aromatic N) is 3. The van der Waals surface area contributed by atoms with Crippen molar-refractivity contribution in [3.8, 4) is 0 Å². The van der Waals surface area contributed by atoms with Crippen molar-refractivity contribution >= 4 is 35.4 Å². The number of carbonyl (C=O) groups is 1. The second-order valence-corrected chi connectivity index (χ2v) is 6.50. The van der Waals surface area contributed by atoms with Crippen molar-refractivity contribution in [1.29, 1.82) is 0 Å². The number of nitrogen functional groups attached to an aromatic ring is 3. The fourth-order valence-corrected chi connectivity index (χ4v) is 3.10. The van der Waals surface area contributed by atoms with E-state index in [2.05, 4.69) is 20.8 Å². The first-order chi connectivity index (χ1) is 15.0. The Morgan fingerprint density at radius 2 is 1.94 bits per heavy atom. The Hall–Kier alpha value is -3.85. The average molecular weight is 423 g/mol. The van der Waals surface area contributed by atoms with Crippen molar-refractivity contribution in [2.45, 2.75) is 26.8 Å². The molecule has 0 saturated carbocycles. The van der Waals surface area contributed by atoms with Gasteiger partial charge in [0, 0.05) is 25.4 Å². The molecule has 3 rings (SSSR count). The smallest absolute Gasteiger partial charge is 0.165 e. The van der Waals surface area contributed by atoms with Gasteiger partial charge < -0.3 is 22.2 Å². The summed E-state index contributed by atoms with van der Waals surface area (Å²) in [5.74, 6) is 6.14. The van der Waals surface area contributed by atoms with E-state index in [-0.39, 0.29) is 0 Å². The number of nitrogens with one attached hydrogen (secondary N) is 2. The Labute approximate surface area is 182 Å². The molecule has 0 radical (unpaired) electrons. The van der Waals surface area contributed by atoms with E-state index in [0.29, 0.717) is 30.3 Å². The number of carbonyl (C=O) groups excluding carboxylic acids is 1. The number of hydrogen-bond acceptors (Lipinski definition) is 8. The maximum absolute atomic E-state index is 10.6. The zero-order valence-electron chi connectivity index (χ0n) is 18.1. The van der Waals surface area contributed by atoms with Crippen molar-refractivity contribution in [3.63, 3.8) is 0 Å². The first-order valence-electron chi connectivity index (χ1n) is 9.99. The van der Waals surface area contributed by atoms with Crippen LogP contribution in [0.1, 0.15) is 36.1 Å². The number of nitrogens with two attached hydrogens (primary N) is 3. The molecule has 31 heavy (non-hydrogen) atoms. The van der Waals surface area contributed by atoms with Crippen molar-refractivity contribution in [2.24, 2.45) is 5.84 Å². The lowest BCUT2D eigenvalue weighted by molar-refractivity contribution is -0.104. The molecule has 8 N–H and O–H groups in total. The van der Waals surface area contributed by atoms with Crippen LogP contribution in [0.25, 0.3) is 6.08 Å². The maximum Gasteiger partial charge on any atom is 0.165 e. The number of pyridine rings is 1. The van der Waals surface area contributed by atoms with Gasteiger partial charge in [-0.05, 0) is 52.6 Å². The molecule has 164 valence electrons. The highest BCUT2D eigenvalue weighted by molar-refractivity contribution is 5.78. The van der Waals surface area contributed by atoms with Crippen LogP contribution in [0.15, 0.2) is 42.7 Å². The molecule has 0 aliphatic rings. The Morgan fingerprint density at radius 1 is 1.16 bits per heavy atom. The van der Waals surface area contributed by atoms with Crippen LogP contribution in [0.5, 0.6) is 0 Å². The van der Waals surface area contributed by atoms with Gasteiger partial charge in [0.15, 0.2) is 5.82 Å². The highest BCUT2D eigenvalue weighted by Crippen LogP contribution is 2.25. The molecule has 2 aromatic heterocycles. The normalized spacial score (nSPS) is 10.5.